The maximum Gasteiger partial charge on any atom is 0.272 e. The molecule has 24 heavy (non-hydrogen) atoms. The lowest BCUT2D eigenvalue weighted by Gasteiger charge is -2.15. The summed E-state index contributed by atoms with van der Waals surface area (Å²) in [5.74, 6) is -0.729. The monoisotopic (exact) mass is 347 g/mol. The molecule has 3 rings (SSSR count). The third kappa shape index (κ3) is 2.73. The van der Waals surface area contributed by atoms with Gasteiger partial charge in [-0.25, -0.2) is 4.39 Å². The molecule has 1 aliphatic rings. The predicted molar refractivity (Wildman–Crippen MR) is 94.9 cm³/mol. The molecule has 0 spiro atoms. The van der Waals surface area contributed by atoms with Gasteiger partial charge in [0.25, 0.3) is 5.91 Å². The zero-order valence-electron chi connectivity index (χ0n) is 13.9. The van der Waals surface area contributed by atoms with E-state index >= 15 is 0 Å². The van der Waals surface area contributed by atoms with Crippen LogP contribution in [-0.4, -0.2) is 23.2 Å². The summed E-state index contributed by atoms with van der Waals surface area (Å²) in [5.41, 5.74) is 5.31. The Balaban J connectivity index is 2.00. The summed E-state index contributed by atoms with van der Waals surface area (Å²) < 4.78 is 15.2. The number of anilines is 1. The quantitative estimate of drug-likeness (QED) is 0.872. The molecule has 4 nitrogen and oxygen atoms in total. The first-order valence-electron chi connectivity index (χ1n) is 7.84. The zero-order chi connectivity index (χ0) is 17.4. The minimum Gasteiger partial charge on any atom is -0.343 e. The van der Waals surface area contributed by atoms with Gasteiger partial charge in [0.1, 0.15) is 11.5 Å². The molecule has 0 unspecified atom stereocenters. The second-order valence-electron chi connectivity index (χ2n) is 5.95. The van der Waals surface area contributed by atoms with Crippen LogP contribution in [0.5, 0.6) is 0 Å². The topological polar surface area (TPSA) is 46.4 Å². The van der Waals surface area contributed by atoms with Gasteiger partial charge >= 0.3 is 0 Å². The Hall–Kier alpha value is -2.14. The molecule has 1 amide bonds. The normalized spacial score (nSPS) is 15.5. The molecule has 1 N–H and O–H groups in total. The molecule has 0 fully saturated rings. The van der Waals surface area contributed by atoms with E-state index in [1.807, 2.05) is 18.5 Å². The number of amides is 1. The molecule has 6 heteroatoms. The van der Waals surface area contributed by atoms with Crippen LogP contribution >= 0.6 is 11.6 Å². The molecule has 2 aromatic rings. The zero-order valence-corrected chi connectivity index (χ0v) is 14.7. The maximum absolute atomic E-state index is 13.3. The van der Waals surface area contributed by atoms with Crippen LogP contribution in [0.3, 0.4) is 0 Å². The van der Waals surface area contributed by atoms with Crippen molar-refractivity contribution < 1.29 is 9.18 Å². The van der Waals surface area contributed by atoms with E-state index in [4.69, 9.17) is 11.6 Å². The second kappa shape index (κ2) is 6.40. The molecule has 0 saturated heterocycles. The highest BCUT2D eigenvalue weighted by atomic mass is 35.5. The Kier molecular flexibility index (Phi) is 4.45. The van der Waals surface area contributed by atoms with E-state index in [0.717, 1.165) is 41.8 Å². The number of nitrogens with one attached hydrogen (secondary N) is 1. The first-order valence-corrected chi connectivity index (χ1v) is 8.22. The van der Waals surface area contributed by atoms with Crippen molar-refractivity contribution in [3.63, 3.8) is 0 Å². The minimum atomic E-state index is -0.509. The Morgan fingerprint density at radius 1 is 1.38 bits per heavy atom. The van der Waals surface area contributed by atoms with Gasteiger partial charge in [0.15, 0.2) is 0 Å². The Morgan fingerprint density at radius 2 is 2.12 bits per heavy atom. The number of halogens is 2. The van der Waals surface area contributed by atoms with E-state index in [1.165, 1.54) is 18.2 Å². The fourth-order valence-electron chi connectivity index (χ4n) is 3.34. The molecule has 0 bridgehead atoms. The lowest BCUT2D eigenvalue weighted by Crippen LogP contribution is -2.19. The second-order valence-corrected chi connectivity index (χ2v) is 6.36. The van der Waals surface area contributed by atoms with E-state index in [1.54, 1.807) is 7.05 Å². The number of nitrogens with zero attached hydrogens (tertiary/aromatic N) is 2. The number of carbonyl (C=O) groups is 1. The smallest absolute Gasteiger partial charge is 0.272 e. The summed E-state index contributed by atoms with van der Waals surface area (Å²) in [4.78, 5) is 17.2. The first-order chi connectivity index (χ1) is 11.4. The van der Waals surface area contributed by atoms with Crippen LogP contribution in [0.4, 0.5) is 10.1 Å². The largest absolute Gasteiger partial charge is 0.343 e. The van der Waals surface area contributed by atoms with Crippen LogP contribution in [-0.2, 0) is 13.5 Å². The van der Waals surface area contributed by atoms with Crippen molar-refractivity contribution in [2.75, 3.05) is 12.4 Å². The molecule has 1 aromatic heterocycles. The van der Waals surface area contributed by atoms with Gasteiger partial charge in [-0.15, -0.1) is 0 Å². The Labute approximate surface area is 145 Å². The number of hydrogen-bond acceptors (Lipinski definition) is 2. The fraction of sp³-hybridized carbons (Fsp3) is 0.333. The standard InChI is InChI=1S/C18H19ClFN3O/c1-10-16-12(5-4-6-15(16)21-2)17(23(10)3)18(24)22-11-7-8-14(20)13(19)9-11/h7-9H,4-6H2,1-3H3,(H,22,24). The van der Waals surface area contributed by atoms with Gasteiger partial charge < -0.3 is 9.88 Å². The summed E-state index contributed by atoms with van der Waals surface area (Å²) in [6.45, 7) is 2.00. The Morgan fingerprint density at radius 3 is 2.79 bits per heavy atom. The number of hydrogen-bond donors (Lipinski definition) is 1. The van der Waals surface area contributed by atoms with E-state index in [-0.39, 0.29) is 10.9 Å². The molecule has 0 aliphatic heterocycles. The summed E-state index contributed by atoms with van der Waals surface area (Å²) in [5, 5.41) is 2.80. The number of aliphatic imine (C=N–C) groups is 1. The van der Waals surface area contributed by atoms with Crippen molar-refractivity contribution in [1.29, 1.82) is 0 Å². The Bertz CT molecular complexity index is 854. The highest BCUT2D eigenvalue weighted by Crippen LogP contribution is 2.30. The van der Waals surface area contributed by atoms with Gasteiger partial charge in [0, 0.05) is 36.8 Å². The number of carbonyl (C=O) groups excluding carboxylic acids is 1. The van der Waals surface area contributed by atoms with Crippen molar-refractivity contribution in [2.24, 2.45) is 12.0 Å². The van der Waals surface area contributed by atoms with E-state index in [0.29, 0.717) is 11.4 Å². The van der Waals surface area contributed by atoms with Gasteiger partial charge in [-0.2, -0.15) is 0 Å². The van der Waals surface area contributed by atoms with Gasteiger partial charge in [0.05, 0.1) is 5.02 Å². The number of fused-ring (bicyclic) bond motifs is 1. The van der Waals surface area contributed by atoms with Crippen molar-refractivity contribution >= 4 is 28.9 Å². The van der Waals surface area contributed by atoms with Crippen molar-refractivity contribution in [2.45, 2.75) is 26.2 Å². The molecular formula is C18H19ClFN3O. The van der Waals surface area contributed by atoms with E-state index in [9.17, 15) is 9.18 Å². The maximum atomic E-state index is 13.3. The summed E-state index contributed by atoms with van der Waals surface area (Å²) in [6.07, 6.45) is 2.76. The molecule has 126 valence electrons. The van der Waals surface area contributed by atoms with E-state index < -0.39 is 5.82 Å². The first kappa shape index (κ1) is 16.7. The fourth-order valence-corrected chi connectivity index (χ4v) is 3.52. The van der Waals surface area contributed by atoms with Crippen molar-refractivity contribution in [1.82, 2.24) is 4.57 Å². The number of aromatic nitrogens is 1. The number of rotatable bonds is 2. The highest BCUT2D eigenvalue weighted by Gasteiger charge is 2.28. The third-order valence-corrected chi connectivity index (χ3v) is 4.87. The van der Waals surface area contributed by atoms with Crippen molar-refractivity contribution in [3.8, 4) is 0 Å². The summed E-state index contributed by atoms with van der Waals surface area (Å²) >= 11 is 5.78. The SMILES string of the molecule is CN=C1CCCc2c1c(C)n(C)c2C(=O)Nc1ccc(F)c(Cl)c1. The minimum absolute atomic E-state index is 0.0155. The highest BCUT2D eigenvalue weighted by molar-refractivity contribution is 6.31. The van der Waals surface area contributed by atoms with Crippen LogP contribution in [0, 0.1) is 12.7 Å². The van der Waals surface area contributed by atoms with Gasteiger partial charge in [0.2, 0.25) is 0 Å². The molecule has 1 heterocycles. The molecule has 0 radical (unpaired) electrons. The van der Waals surface area contributed by atoms with Crippen LogP contribution < -0.4 is 5.32 Å². The molecule has 1 aromatic carbocycles. The molecular weight excluding hydrogens is 329 g/mol. The molecule has 0 atom stereocenters. The average molecular weight is 348 g/mol. The van der Waals surface area contributed by atoms with E-state index in [2.05, 4.69) is 10.3 Å². The molecule has 1 aliphatic carbocycles. The van der Waals surface area contributed by atoms with Crippen LogP contribution in [0.25, 0.3) is 0 Å². The summed E-state index contributed by atoms with van der Waals surface area (Å²) in [7, 11) is 3.67. The molecule has 0 saturated carbocycles. The lowest BCUT2D eigenvalue weighted by molar-refractivity contribution is 0.101. The van der Waals surface area contributed by atoms with Crippen molar-refractivity contribution in [3.05, 3.63) is 51.6 Å². The third-order valence-electron chi connectivity index (χ3n) is 4.58. The van der Waals surface area contributed by atoms with Gasteiger partial charge in [-0.3, -0.25) is 9.79 Å². The van der Waals surface area contributed by atoms with Crippen LogP contribution in [0.2, 0.25) is 5.02 Å². The predicted octanol–water partition coefficient (Wildman–Crippen LogP) is 4.13. The summed E-state index contributed by atoms with van der Waals surface area (Å²) in [6, 6.07) is 4.15. The van der Waals surface area contributed by atoms with Crippen LogP contribution in [0.1, 0.15) is 40.2 Å². The van der Waals surface area contributed by atoms with Gasteiger partial charge in [-0.05, 0) is 49.9 Å². The number of benzene rings is 1. The lowest BCUT2D eigenvalue weighted by atomic mass is 9.90. The average Bonchev–Trinajstić information content (AvgIpc) is 2.82. The van der Waals surface area contributed by atoms with Gasteiger partial charge in [-0.1, -0.05) is 11.6 Å². The van der Waals surface area contributed by atoms with Crippen LogP contribution in [0.15, 0.2) is 23.2 Å².